The number of pyridine rings is 1. The fraction of sp³-hybridized carbons (Fsp3) is 0.176. The van der Waals surface area contributed by atoms with Gasteiger partial charge in [0, 0.05) is 13.2 Å². The van der Waals surface area contributed by atoms with Gasteiger partial charge in [0.05, 0.1) is 10.9 Å². The minimum Gasteiger partial charge on any atom is -0.305 e. The van der Waals surface area contributed by atoms with E-state index in [2.05, 4.69) is 15.4 Å². The summed E-state index contributed by atoms with van der Waals surface area (Å²) >= 11 is 0. The molecule has 0 radical (unpaired) electrons. The van der Waals surface area contributed by atoms with Crippen molar-refractivity contribution in [2.75, 3.05) is 5.32 Å². The van der Waals surface area contributed by atoms with Crippen LogP contribution in [0.3, 0.4) is 0 Å². The molecule has 0 aliphatic heterocycles. The van der Waals surface area contributed by atoms with Crippen molar-refractivity contribution in [1.82, 2.24) is 14.8 Å². The number of anilines is 1. The van der Waals surface area contributed by atoms with Crippen LogP contribution in [0, 0.1) is 13.8 Å². The molecule has 0 bridgehead atoms. The summed E-state index contributed by atoms with van der Waals surface area (Å²) in [5, 5.41) is 7.19. The molecule has 116 valence electrons. The fourth-order valence-electron chi connectivity index (χ4n) is 2.36. The first-order valence-corrected chi connectivity index (χ1v) is 7.17. The predicted molar refractivity (Wildman–Crippen MR) is 88.6 cm³/mol. The molecular weight excluding hydrogens is 292 g/mol. The molecule has 0 saturated heterocycles. The maximum absolute atomic E-state index is 12.6. The van der Waals surface area contributed by atoms with E-state index in [9.17, 15) is 9.59 Å². The first-order valence-electron chi connectivity index (χ1n) is 7.17. The Labute approximate surface area is 132 Å². The molecule has 6 heteroatoms. The standard InChI is InChI=1S/C17H16N4O2/c1-10-4-6-13-12(8-10)16(22)15(20-21(13)3)17(23)19-14-7-5-11(2)9-18-14/h4-9H,1-3H3,(H,18,19,23). The smallest absolute Gasteiger partial charge is 0.281 e. The molecule has 0 fully saturated rings. The average Bonchev–Trinajstić information content (AvgIpc) is 2.53. The quantitative estimate of drug-likeness (QED) is 0.787. The SMILES string of the molecule is Cc1ccc(NC(=O)c2nn(C)c3ccc(C)cc3c2=O)nc1. The first kappa shape index (κ1) is 14.9. The molecule has 0 aliphatic carbocycles. The van der Waals surface area contributed by atoms with Crippen LogP contribution < -0.4 is 10.7 Å². The maximum Gasteiger partial charge on any atom is 0.281 e. The van der Waals surface area contributed by atoms with Gasteiger partial charge in [0.1, 0.15) is 5.82 Å². The van der Waals surface area contributed by atoms with Crippen molar-refractivity contribution in [2.45, 2.75) is 13.8 Å². The number of carbonyl (C=O) groups excluding carboxylic acids is 1. The Hall–Kier alpha value is -3.02. The van der Waals surface area contributed by atoms with E-state index in [1.54, 1.807) is 25.4 Å². The van der Waals surface area contributed by atoms with Gasteiger partial charge in [-0.3, -0.25) is 14.3 Å². The van der Waals surface area contributed by atoms with Crippen LogP contribution in [0.25, 0.3) is 10.9 Å². The van der Waals surface area contributed by atoms with E-state index in [-0.39, 0.29) is 11.1 Å². The van der Waals surface area contributed by atoms with Crippen molar-refractivity contribution in [2.24, 2.45) is 7.05 Å². The fourth-order valence-corrected chi connectivity index (χ4v) is 2.36. The monoisotopic (exact) mass is 308 g/mol. The van der Waals surface area contributed by atoms with Gasteiger partial charge >= 0.3 is 0 Å². The van der Waals surface area contributed by atoms with Crippen molar-refractivity contribution in [1.29, 1.82) is 0 Å². The van der Waals surface area contributed by atoms with Crippen LogP contribution in [0.4, 0.5) is 5.82 Å². The lowest BCUT2D eigenvalue weighted by molar-refractivity contribution is 0.101. The first-order chi connectivity index (χ1) is 11.0. The molecule has 0 atom stereocenters. The maximum atomic E-state index is 12.6. The molecule has 6 nitrogen and oxygen atoms in total. The lowest BCUT2D eigenvalue weighted by Crippen LogP contribution is -2.26. The van der Waals surface area contributed by atoms with Crippen LogP contribution in [0.15, 0.2) is 41.3 Å². The second-order valence-corrected chi connectivity index (χ2v) is 5.50. The van der Waals surface area contributed by atoms with Gasteiger partial charge in [0.2, 0.25) is 5.43 Å². The van der Waals surface area contributed by atoms with Crippen molar-refractivity contribution in [3.63, 3.8) is 0 Å². The number of amides is 1. The molecule has 1 aromatic carbocycles. The number of aromatic nitrogens is 3. The van der Waals surface area contributed by atoms with Crippen molar-refractivity contribution >= 4 is 22.6 Å². The van der Waals surface area contributed by atoms with E-state index in [4.69, 9.17) is 0 Å². The zero-order chi connectivity index (χ0) is 16.6. The topological polar surface area (TPSA) is 76.9 Å². The average molecular weight is 308 g/mol. The van der Waals surface area contributed by atoms with E-state index in [0.29, 0.717) is 16.7 Å². The second kappa shape index (κ2) is 5.64. The van der Waals surface area contributed by atoms with Gasteiger partial charge in [-0.2, -0.15) is 5.10 Å². The zero-order valence-electron chi connectivity index (χ0n) is 13.1. The predicted octanol–water partition coefficient (Wildman–Crippen LogP) is 2.20. The molecule has 3 aromatic rings. The summed E-state index contributed by atoms with van der Waals surface area (Å²) < 4.78 is 1.54. The highest BCUT2D eigenvalue weighted by molar-refractivity contribution is 6.03. The van der Waals surface area contributed by atoms with Crippen molar-refractivity contribution < 1.29 is 4.79 Å². The van der Waals surface area contributed by atoms with Crippen LogP contribution in [0.1, 0.15) is 21.6 Å². The minimum absolute atomic E-state index is 0.145. The number of benzene rings is 1. The van der Waals surface area contributed by atoms with Gasteiger partial charge in [-0.1, -0.05) is 17.7 Å². The molecule has 0 aliphatic rings. The largest absolute Gasteiger partial charge is 0.305 e. The number of fused-ring (bicyclic) bond motifs is 1. The van der Waals surface area contributed by atoms with E-state index >= 15 is 0 Å². The van der Waals surface area contributed by atoms with Gasteiger partial charge in [0.15, 0.2) is 5.69 Å². The van der Waals surface area contributed by atoms with Gasteiger partial charge in [-0.15, -0.1) is 0 Å². The van der Waals surface area contributed by atoms with E-state index in [1.807, 2.05) is 32.0 Å². The Bertz CT molecular complexity index is 959. The molecule has 23 heavy (non-hydrogen) atoms. The Morgan fingerprint density at radius 3 is 2.57 bits per heavy atom. The van der Waals surface area contributed by atoms with E-state index in [0.717, 1.165) is 11.1 Å². The molecule has 2 aromatic heterocycles. The number of nitrogens with zero attached hydrogens (tertiary/aromatic N) is 3. The highest BCUT2D eigenvalue weighted by Crippen LogP contribution is 2.12. The number of rotatable bonds is 2. The van der Waals surface area contributed by atoms with E-state index in [1.165, 1.54) is 4.68 Å². The number of hydrogen-bond acceptors (Lipinski definition) is 4. The van der Waals surface area contributed by atoms with Gasteiger partial charge in [-0.25, -0.2) is 4.98 Å². The Morgan fingerprint density at radius 1 is 1.13 bits per heavy atom. The molecule has 0 saturated carbocycles. The zero-order valence-corrected chi connectivity index (χ0v) is 13.1. The Kier molecular flexibility index (Phi) is 3.65. The second-order valence-electron chi connectivity index (χ2n) is 5.50. The third kappa shape index (κ3) is 2.83. The number of carbonyl (C=O) groups is 1. The summed E-state index contributed by atoms with van der Waals surface area (Å²) in [6.45, 7) is 3.80. The number of aryl methyl sites for hydroxylation is 3. The van der Waals surface area contributed by atoms with Gasteiger partial charge < -0.3 is 5.32 Å². The Balaban J connectivity index is 2.05. The summed E-state index contributed by atoms with van der Waals surface area (Å²) in [6.07, 6.45) is 1.64. The summed E-state index contributed by atoms with van der Waals surface area (Å²) in [5.41, 5.74) is 2.09. The molecule has 1 N–H and O–H groups in total. The third-order valence-electron chi connectivity index (χ3n) is 3.58. The lowest BCUT2D eigenvalue weighted by Gasteiger charge is -2.09. The molecule has 0 spiro atoms. The number of hydrogen-bond donors (Lipinski definition) is 1. The van der Waals surface area contributed by atoms with Crippen LogP contribution in [0.2, 0.25) is 0 Å². The number of nitrogens with one attached hydrogen (secondary N) is 1. The van der Waals surface area contributed by atoms with E-state index < -0.39 is 5.91 Å². The molecule has 3 rings (SSSR count). The molecule has 2 heterocycles. The van der Waals surface area contributed by atoms with Crippen molar-refractivity contribution in [3.8, 4) is 0 Å². The highest BCUT2D eigenvalue weighted by atomic mass is 16.2. The van der Waals surface area contributed by atoms with Crippen LogP contribution in [0.5, 0.6) is 0 Å². The van der Waals surface area contributed by atoms with Crippen molar-refractivity contribution in [3.05, 3.63) is 63.6 Å². The molecule has 0 unspecified atom stereocenters. The highest BCUT2D eigenvalue weighted by Gasteiger charge is 2.17. The normalized spacial score (nSPS) is 10.7. The summed E-state index contributed by atoms with van der Waals surface area (Å²) in [6, 6.07) is 9.00. The third-order valence-corrected chi connectivity index (χ3v) is 3.58. The van der Waals surface area contributed by atoms with Crippen LogP contribution >= 0.6 is 0 Å². The Morgan fingerprint density at radius 2 is 1.87 bits per heavy atom. The molecule has 1 amide bonds. The minimum atomic E-state index is -0.564. The summed E-state index contributed by atoms with van der Waals surface area (Å²) in [7, 11) is 1.71. The van der Waals surface area contributed by atoms with Crippen LogP contribution in [-0.2, 0) is 7.05 Å². The van der Waals surface area contributed by atoms with Gasteiger partial charge in [0.25, 0.3) is 5.91 Å². The lowest BCUT2D eigenvalue weighted by atomic mass is 10.1. The van der Waals surface area contributed by atoms with Gasteiger partial charge in [-0.05, 0) is 37.6 Å². The molecular formula is C17H16N4O2. The van der Waals surface area contributed by atoms with Crippen LogP contribution in [-0.4, -0.2) is 20.7 Å². The summed E-state index contributed by atoms with van der Waals surface area (Å²) in [4.78, 5) is 29.0. The summed E-state index contributed by atoms with van der Waals surface area (Å²) in [5.74, 6) is -0.181.